The fourth-order valence-electron chi connectivity index (χ4n) is 2.65. The second-order valence-electron chi connectivity index (χ2n) is 5.78. The van der Waals surface area contributed by atoms with Crippen LogP contribution in [0.2, 0.25) is 5.02 Å². The van der Waals surface area contributed by atoms with Crippen molar-refractivity contribution in [3.63, 3.8) is 0 Å². The van der Waals surface area contributed by atoms with Crippen LogP contribution in [0.15, 0.2) is 48.5 Å². The van der Waals surface area contributed by atoms with E-state index in [2.05, 4.69) is 15.3 Å². The zero-order chi connectivity index (χ0) is 16.8. The zero-order valence-corrected chi connectivity index (χ0v) is 14.1. The van der Waals surface area contributed by atoms with Crippen LogP contribution in [0.3, 0.4) is 0 Å². The number of aryl methyl sites for hydroxylation is 1. The molecule has 0 atom stereocenters. The molecule has 1 aromatic heterocycles. The summed E-state index contributed by atoms with van der Waals surface area (Å²) in [5.74, 6) is 0.953. The molecule has 24 heavy (non-hydrogen) atoms. The highest BCUT2D eigenvalue weighted by atomic mass is 35.5. The van der Waals surface area contributed by atoms with Crippen molar-refractivity contribution in [1.82, 2.24) is 15.3 Å². The summed E-state index contributed by atoms with van der Waals surface area (Å²) in [5, 5.41) is 3.50. The van der Waals surface area contributed by atoms with Crippen molar-refractivity contribution in [1.29, 1.82) is 0 Å². The molecule has 3 rings (SSSR count). The van der Waals surface area contributed by atoms with Crippen molar-refractivity contribution in [3.05, 3.63) is 64.9 Å². The average Bonchev–Trinajstić information content (AvgIpc) is 3.00. The number of carbonyl (C=O) groups excluding carboxylic acids is 1. The van der Waals surface area contributed by atoms with Crippen LogP contribution in [-0.2, 0) is 6.42 Å². The summed E-state index contributed by atoms with van der Waals surface area (Å²) in [5.41, 5.74) is 2.70. The van der Waals surface area contributed by atoms with E-state index in [0.717, 1.165) is 42.5 Å². The van der Waals surface area contributed by atoms with Crippen LogP contribution >= 0.6 is 11.6 Å². The maximum atomic E-state index is 12.0. The standard InChI is InChI=1S/C19H20ClN3O/c20-15-8-6-7-14(13-15)19(24)21-12-5-1-2-11-18-22-16-9-3-4-10-17(16)23-18/h3-4,6-10,13H,1-2,5,11-12H2,(H,21,24)(H,22,23). The smallest absolute Gasteiger partial charge is 0.251 e. The highest BCUT2D eigenvalue weighted by molar-refractivity contribution is 6.30. The molecule has 5 heteroatoms. The van der Waals surface area contributed by atoms with Gasteiger partial charge in [-0.15, -0.1) is 0 Å². The summed E-state index contributed by atoms with van der Waals surface area (Å²) in [4.78, 5) is 19.9. The number of nitrogens with one attached hydrogen (secondary N) is 2. The van der Waals surface area contributed by atoms with Gasteiger partial charge in [0.05, 0.1) is 11.0 Å². The van der Waals surface area contributed by atoms with E-state index in [1.807, 2.05) is 24.3 Å². The van der Waals surface area contributed by atoms with Gasteiger partial charge in [-0.25, -0.2) is 4.98 Å². The monoisotopic (exact) mass is 341 g/mol. The lowest BCUT2D eigenvalue weighted by atomic mass is 10.1. The van der Waals surface area contributed by atoms with Gasteiger partial charge in [0, 0.05) is 23.6 Å². The average molecular weight is 342 g/mol. The molecule has 2 N–H and O–H groups in total. The molecule has 0 unspecified atom stereocenters. The Morgan fingerprint density at radius 2 is 1.96 bits per heavy atom. The molecule has 0 saturated heterocycles. The number of hydrogen-bond acceptors (Lipinski definition) is 2. The minimum Gasteiger partial charge on any atom is -0.352 e. The number of carbonyl (C=O) groups is 1. The third-order valence-electron chi connectivity index (χ3n) is 3.90. The number of aromatic nitrogens is 2. The number of halogens is 1. The van der Waals surface area contributed by atoms with Crippen molar-refractivity contribution < 1.29 is 4.79 Å². The summed E-state index contributed by atoms with van der Waals surface area (Å²) < 4.78 is 0. The van der Waals surface area contributed by atoms with E-state index in [4.69, 9.17) is 11.6 Å². The topological polar surface area (TPSA) is 57.8 Å². The second-order valence-corrected chi connectivity index (χ2v) is 6.21. The van der Waals surface area contributed by atoms with Crippen LogP contribution in [0.5, 0.6) is 0 Å². The van der Waals surface area contributed by atoms with Crippen LogP contribution in [0.1, 0.15) is 35.4 Å². The lowest BCUT2D eigenvalue weighted by molar-refractivity contribution is 0.0953. The fraction of sp³-hybridized carbons (Fsp3) is 0.263. The Bertz CT molecular complexity index is 795. The van der Waals surface area contributed by atoms with Crippen molar-refractivity contribution in [3.8, 4) is 0 Å². The van der Waals surface area contributed by atoms with Gasteiger partial charge in [-0.2, -0.15) is 0 Å². The van der Waals surface area contributed by atoms with Crippen molar-refractivity contribution in [2.45, 2.75) is 25.7 Å². The molecule has 0 saturated carbocycles. The Hall–Kier alpha value is -2.33. The molecule has 0 aliphatic rings. The number of nitrogens with zero attached hydrogens (tertiary/aromatic N) is 1. The molecule has 0 radical (unpaired) electrons. The molecular formula is C19H20ClN3O. The summed E-state index contributed by atoms with van der Waals surface area (Å²) in [7, 11) is 0. The van der Waals surface area contributed by atoms with Gasteiger partial charge in [0.2, 0.25) is 0 Å². The first-order valence-corrected chi connectivity index (χ1v) is 8.57. The summed E-state index contributed by atoms with van der Waals surface area (Å²) in [6.07, 6.45) is 3.98. The summed E-state index contributed by atoms with van der Waals surface area (Å²) in [6, 6.07) is 15.0. The zero-order valence-electron chi connectivity index (χ0n) is 13.4. The van der Waals surface area contributed by atoms with Gasteiger partial charge in [-0.3, -0.25) is 4.79 Å². The molecule has 0 bridgehead atoms. The SMILES string of the molecule is O=C(NCCCCCc1nc2ccccc2[nH]1)c1cccc(Cl)c1. The van der Waals surface area contributed by atoms with Crippen molar-refractivity contribution in [2.75, 3.05) is 6.54 Å². The number of rotatable bonds is 7. The minimum absolute atomic E-state index is 0.0743. The van der Waals surface area contributed by atoms with Crippen molar-refractivity contribution >= 4 is 28.5 Å². The summed E-state index contributed by atoms with van der Waals surface area (Å²) in [6.45, 7) is 0.672. The van der Waals surface area contributed by atoms with E-state index in [9.17, 15) is 4.79 Å². The van der Waals surface area contributed by atoms with E-state index < -0.39 is 0 Å². The third-order valence-corrected chi connectivity index (χ3v) is 4.14. The number of imidazole rings is 1. The van der Waals surface area contributed by atoms with Gasteiger partial charge in [-0.05, 0) is 43.2 Å². The maximum absolute atomic E-state index is 12.0. The number of amides is 1. The van der Waals surface area contributed by atoms with Gasteiger partial charge < -0.3 is 10.3 Å². The van der Waals surface area contributed by atoms with Crippen LogP contribution in [0, 0.1) is 0 Å². The normalized spacial score (nSPS) is 10.9. The molecular weight excluding hydrogens is 322 g/mol. The summed E-state index contributed by atoms with van der Waals surface area (Å²) >= 11 is 5.89. The van der Waals surface area contributed by atoms with E-state index in [1.165, 1.54) is 0 Å². The fourth-order valence-corrected chi connectivity index (χ4v) is 2.84. The number of hydrogen-bond donors (Lipinski definition) is 2. The van der Waals surface area contributed by atoms with Gasteiger partial charge in [0.15, 0.2) is 0 Å². The number of aromatic amines is 1. The Morgan fingerprint density at radius 3 is 2.79 bits per heavy atom. The van der Waals surface area contributed by atoms with Gasteiger partial charge in [0.1, 0.15) is 5.82 Å². The van der Waals surface area contributed by atoms with E-state index >= 15 is 0 Å². The number of fused-ring (bicyclic) bond motifs is 1. The molecule has 3 aromatic rings. The first-order valence-electron chi connectivity index (χ1n) is 8.20. The Labute approximate surface area is 146 Å². The van der Waals surface area contributed by atoms with Crippen LogP contribution in [0.25, 0.3) is 11.0 Å². The number of H-pyrrole nitrogens is 1. The van der Waals surface area contributed by atoms with Gasteiger partial charge in [-0.1, -0.05) is 36.2 Å². The minimum atomic E-state index is -0.0743. The molecule has 0 aliphatic heterocycles. The van der Waals surface area contributed by atoms with E-state index in [0.29, 0.717) is 17.1 Å². The molecule has 1 heterocycles. The predicted molar refractivity (Wildman–Crippen MR) is 97.4 cm³/mol. The Kier molecular flexibility index (Phi) is 5.49. The molecule has 0 spiro atoms. The first-order chi connectivity index (χ1) is 11.7. The molecule has 124 valence electrons. The first kappa shape index (κ1) is 16.5. The van der Waals surface area contributed by atoms with Crippen LogP contribution in [-0.4, -0.2) is 22.4 Å². The number of unbranched alkanes of at least 4 members (excludes halogenated alkanes) is 2. The number of para-hydroxylation sites is 2. The largest absolute Gasteiger partial charge is 0.352 e. The molecule has 0 fully saturated rings. The Morgan fingerprint density at radius 1 is 1.08 bits per heavy atom. The van der Waals surface area contributed by atoms with Crippen LogP contribution in [0.4, 0.5) is 0 Å². The van der Waals surface area contributed by atoms with E-state index in [-0.39, 0.29) is 5.91 Å². The second kappa shape index (κ2) is 7.97. The number of benzene rings is 2. The Balaban J connectivity index is 1.36. The van der Waals surface area contributed by atoms with Gasteiger partial charge in [0.25, 0.3) is 5.91 Å². The highest BCUT2D eigenvalue weighted by Crippen LogP contribution is 2.12. The lowest BCUT2D eigenvalue weighted by Crippen LogP contribution is -2.24. The van der Waals surface area contributed by atoms with Crippen LogP contribution < -0.4 is 5.32 Å². The highest BCUT2D eigenvalue weighted by Gasteiger charge is 2.05. The van der Waals surface area contributed by atoms with Gasteiger partial charge >= 0.3 is 0 Å². The van der Waals surface area contributed by atoms with E-state index in [1.54, 1.807) is 24.3 Å². The molecule has 4 nitrogen and oxygen atoms in total. The predicted octanol–water partition coefficient (Wildman–Crippen LogP) is 4.36. The lowest BCUT2D eigenvalue weighted by Gasteiger charge is -2.05. The quantitative estimate of drug-likeness (QED) is 0.627. The van der Waals surface area contributed by atoms with Crippen molar-refractivity contribution in [2.24, 2.45) is 0 Å². The molecule has 2 aromatic carbocycles. The maximum Gasteiger partial charge on any atom is 0.251 e. The molecule has 0 aliphatic carbocycles. The third kappa shape index (κ3) is 4.36. The molecule has 1 amide bonds.